The van der Waals surface area contributed by atoms with Crippen molar-refractivity contribution in [2.45, 2.75) is 18.0 Å². The highest BCUT2D eigenvalue weighted by Gasteiger charge is 2.16. The van der Waals surface area contributed by atoms with Crippen LogP contribution in [0.25, 0.3) is 5.69 Å². The predicted octanol–water partition coefficient (Wildman–Crippen LogP) is 3.76. The average Bonchev–Trinajstić information content (AvgIpc) is 3.13. The van der Waals surface area contributed by atoms with Gasteiger partial charge in [0.05, 0.1) is 5.75 Å². The van der Waals surface area contributed by atoms with Crippen LogP contribution in [0, 0.1) is 0 Å². The molecular weight excluding hydrogens is 408 g/mol. The van der Waals surface area contributed by atoms with Crippen LogP contribution in [-0.2, 0) is 16.0 Å². The van der Waals surface area contributed by atoms with Gasteiger partial charge in [0.15, 0.2) is 5.16 Å². The Morgan fingerprint density at radius 3 is 2.62 bits per heavy atom. The summed E-state index contributed by atoms with van der Waals surface area (Å²) in [6.07, 6.45) is 1.43. The van der Waals surface area contributed by atoms with Gasteiger partial charge >= 0.3 is 0 Å². The Kier molecular flexibility index (Phi) is 8.10. The first kappa shape index (κ1) is 21.4. The Balaban J connectivity index is 1.76. The molecule has 29 heavy (non-hydrogen) atoms. The molecule has 1 amide bonds. The molecule has 3 rings (SSSR count). The van der Waals surface area contributed by atoms with E-state index in [2.05, 4.69) is 27.6 Å². The lowest BCUT2D eigenvalue weighted by Gasteiger charge is -2.11. The summed E-state index contributed by atoms with van der Waals surface area (Å²) in [7, 11) is 1.65. The maximum Gasteiger partial charge on any atom is 0.230 e. The SMILES string of the molecule is COCCCNC(=O)CSc1nnc(Cc2ccccc2)n1-c1ccc(Cl)cc1. The van der Waals surface area contributed by atoms with Crippen molar-refractivity contribution in [1.82, 2.24) is 20.1 Å². The smallest absolute Gasteiger partial charge is 0.230 e. The number of ether oxygens (including phenoxy) is 1. The van der Waals surface area contributed by atoms with Crippen molar-refractivity contribution in [3.05, 3.63) is 71.0 Å². The van der Waals surface area contributed by atoms with E-state index in [1.807, 2.05) is 47.0 Å². The average molecular weight is 431 g/mol. The van der Waals surface area contributed by atoms with Crippen molar-refractivity contribution >= 4 is 29.3 Å². The fraction of sp³-hybridized carbons (Fsp3) is 0.286. The Morgan fingerprint density at radius 1 is 1.14 bits per heavy atom. The van der Waals surface area contributed by atoms with Gasteiger partial charge in [0, 0.05) is 37.4 Å². The third kappa shape index (κ3) is 6.32. The number of amides is 1. The zero-order valence-electron chi connectivity index (χ0n) is 16.2. The lowest BCUT2D eigenvalue weighted by molar-refractivity contribution is -0.118. The summed E-state index contributed by atoms with van der Waals surface area (Å²) in [4.78, 5) is 12.1. The maximum atomic E-state index is 12.1. The summed E-state index contributed by atoms with van der Waals surface area (Å²) in [6, 6.07) is 17.6. The minimum atomic E-state index is -0.0404. The number of carbonyl (C=O) groups is 1. The zero-order valence-corrected chi connectivity index (χ0v) is 17.7. The first-order valence-corrected chi connectivity index (χ1v) is 10.7. The molecule has 0 aliphatic heterocycles. The molecule has 0 unspecified atom stereocenters. The van der Waals surface area contributed by atoms with Crippen LogP contribution in [0.4, 0.5) is 0 Å². The van der Waals surface area contributed by atoms with Crippen LogP contribution in [0.1, 0.15) is 17.8 Å². The molecular formula is C21H23ClN4O2S. The number of benzene rings is 2. The molecule has 8 heteroatoms. The van der Waals surface area contributed by atoms with E-state index in [1.54, 1.807) is 7.11 Å². The van der Waals surface area contributed by atoms with Gasteiger partial charge in [0.1, 0.15) is 5.82 Å². The van der Waals surface area contributed by atoms with Gasteiger partial charge in [-0.1, -0.05) is 53.7 Å². The minimum Gasteiger partial charge on any atom is -0.385 e. The normalized spacial score (nSPS) is 10.8. The Bertz CT molecular complexity index is 916. The summed E-state index contributed by atoms with van der Waals surface area (Å²) in [6.45, 7) is 1.22. The van der Waals surface area contributed by atoms with E-state index in [1.165, 1.54) is 11.8 Å². The summed E-state index contributed by atoms with van der Waals surface area (Å²) in [5, 5.41) is 12.9. The van der Waals surface area contributed by atoms with E-state index < -0.39 is 0 Å². The molecule has 0 radical (unpaired) electrons. The fourth-order valence-electron chi connectivity index (χ4n) is 2.76. The minimum absolute atomic E-state index is 0.0404. The molecule has 2 aromatic carbocycles. The number of nitrogens with zero attached hydrogens (tertiary/aromatic N) is 3. The van der Waals surface area contributed by atoms with Crippen LogP contribution in [0.5, 0.6) is 0 Å². The molecule has 0 spiro atoms. The third-order valence-electron chi connectivity index (χ3n) is 4.17. The summed E-state index contributed by atoms with van der Waals surface area (Å²) >= 11 is 7.41. The first-order valence-electron chi connectivity index (χ1n) is 9.30. The summed E-state index contributed by atoms with van der Waals surface area (Å²) in [5.74, 6) is 1.03. The van der Waals surface area contributed by atoms with E-state index in [0.717, 1.165) is 23.5 Å². The van der Waals surface area contributed by atoms with E-state index in [-0.39, 0.29) is 11.7 Å². The van der Waals surface area contributed by atoms with E-state index in [0.29, 0.717) is 29.8 Å². The summed E-state index contributed by atoms with van der Waals surface area (Å²) in [5.41, 5.74) is 2.05. The van der Waals surface area contributed by atoms with Crippen LogP contribution < -0.4 is 5.32 Å². The number of hydrogen-bond acceptors (Lipinski definition) is 5. The van der Waals surface area contributed by atoms with Crippen molar-refractivity contribution in [2.24, 2.45) is 0 Å². The lowest BCUT2D eigenvalue weighted by atomic mass is 10.1. The molecule has 1 N–H and O–H groups in total. The first-order chi connectivity index (χ1) is 14.2. The van der Waals surface area contributed by atoms with E-state index in [4.69, 9.17) is 16.3 Å². The zero-order chi connectivity index (χ0) is 20.5. The molecule has 0 aliphatic rings. The van der Waals surface area contributed by atoms with Crippen LogP contribution in [0.15, 0.2) is 59.8 Å². The van der Waals surface area contributed by atoms with Crippen LogP contribution >= 0.6 is 23.4 Å². The number of carbonyl (C=O) groups excluding carboxylic acids is 1. The highest BCUT2D eigenvalue weighted by molar-refractivity contribution is 7.99. The number of nitrogens with one attached hydrogen (secondary N) is 1. The number of rotatable bonds is 10. The van der Waals surface area contributed by atoms with Gasteiger partial charge in [-0.05, 0) is 36.2 Å². The van der Waals surface area contributed by atoms with Gasteiger partial charge in [0.25, 0.3) is 0 Å². The molecule has 0 saturated carbocycles. The predicted molar refractivity (Wildman–Crippen MR) is 116 cm³/mol. The molecule has 1 aromatic heterocycles. The van der Waals surface area contributed by atoms with Crippen molar-refractivity contribution in [1.29, 1.82) is 0 Å². The van der Waals surface area contributed by atoms with Gasteiger partial charge in [0.2, 0.25) is 5.91 Å². The molecule has 0 saturated heterocycles. The van der Waals surface area contributed by atoms with Crippen LogP contribution in [0.3, 0.4) is 0 Å². The largest absolute Gasteiger partial charge is 0.385 e. The standard InChI is InChI=1S/C21H23ClN4O2S/c1-28-13-5-12-23-20(27)15-29-21-25-24-19(14-16-6-3-2-4-7-16)26(21)18-10-8-17(22)9-11-18/h2-4,6-11H,5,12-15H2,1H3,(H,23,27). The molecule has 6 nitrogen and oxygen atoms in total. The van der Waals surface area contributed by atoms with E-state index in [9.17, 15) is 4.79 Å². The second-order valence-electron chi connectivity index (χ2n) is 6.36. The number of thioether (sulfide) groups is 1. The Labute approximate surface area is 179 Å². The van der Waals surface area contributed by atoms with Crippen LogP contribution in [-0.4, -0.2) is 46.7 Å². The molecule has 1 heterocycles. The molecule has 0 bridgehead atoms. The van der Waals surface area contributed by atoms with Gasteiger partial charge in [-0.3, -0.25) is 9.36 Å². The second-order valence-corrected chi connectivity index (χ2v) is 7.74. The second kappa shape index (κ2) is 11.0. The molecule has 152 valence electrons. The van der Waals surface area contributed by atoms with Gasteiger partial charge in [-0.2, -0.15) is 0 Å². The molecule has 0 atom stereocenters. The summed E-state index contributed by atoms with van der Waals surface area (Å²) < 4.78 is 6.97. The van der Waals surface area contributed by atoms with E-state index >= 15 is 0 Å². The Morgan fingerprint density at radius 2 is 1.90 bits per heavy atom. The van der Waals surface area contributed by atoms with Gasteiger partial charge in [-0.25, -0.2) is 0 Å². The number of aromatic nitrogens is 3. The van der Waals surface area contributed by atoms with Crippen LogP contribution in [0.2, 0.25) is 5.02 Å². The highest BCUT2D eigenvalue weighted by atomic mass is 35.5. The number of hydrogen-bond donors (Lipinski definition) is 1. The topological polar surface area (TPSA) is 69.0 Å². The quantitative estimate of drug-likeness (QED) is 0.392. The highest BCUT2D eigenvalue weighted by Crippen LogP contribution is 2.24. The fourth-order valence-corrected chi connectivity index (χ4v) is 3.69. The maximum absolute atomic E-state index is 12.1. The van der Waals surface area contributed by atoms with Crippen molar-refractivity contribution in [3.8, 4) is 5.69 Å². The van der Waals surface area contributed by atoms with Crippen molar-refractivity contribution in [3.63, 3.8) is 0 Å². The lowest BCUT2D eigenvalue weighted by Crippen LogP contribution is -2.27. The molecule has 0 fully saturated rings. The molecule has 0 aliphatic carbocycles. The monoisotopic (exact) mass is 430 g/mol. The number of halogens is 1. The molecule has 3 aromatic rings. The van der Waals surface area contributed by atoms with Gasteiger partial charge in [-0.15, -0.1) is 10.2 Å². The Hall–Kier alpha value is -2.35. The third-order valence-corrected chi connectivity index (χ3v) is 5.35. The van der Waals surface area contributed by atoms with Gasteiger partial charge < -0.3 is 10.1 Å². The van der Waals surface area contributed by atoms with Crippen molar-refractivity contribution < 1.29 is 9.53 Å². The van der Waals surface area contributed by atoms with Crippen molar-refractivity contribution in [2.75, 3.05) is 26.0 Å². The number of methoxy groups -OCH3 is 1.